The zero-order chi connectivity index (χ0) is 21.8. The third kappa shape index (κ3) is 5.22. The molecule has 0 radical (unpaired) electrons. The number of amides is 1. The Labute approximate surface area is 193 Å². The number of halogens is 2. The molecule has 0 spiro atoms. The van der Waals surface area contributed by atoms with Crippen molar-refractivity contribution in [2.24, 2.45) is 0 Å². The number of hydrogen-bond acceptors (Lipinski definition) is 3. The molecule has 3 aromatic rings. The summed E-state index contributed by atoms with van der Waals surface area (Å²) in [6.45, 7) is 6.86. The van der Waals surface area contributed by atoms with Crippen LogP contribution in [0.3, 0.4) is 0 Å². The maximum absolute atomic E-state index is 13.4. The number of carbonyl (C=O) groups is 1. The minimum absolute atomic E-state index is 0.123. The summed E-state index contributed by atoms with van der Waals surface area (Å²) in [6.07, 6.45) is 5.57. The Morgan fingerprint density at radius 1 is 1.03 bits per heavy atom. The lowest BCUT2D eigenvalue weighted by molar-refractivity contribution is -0.130. The van der Waals surface area contributed by atoms with Crippen LogP contribution in [0, 0.1) is 0 Å². The van der Waals surface area contributed by atoms with Gasteiger partial charge in [0.05, 0.1) is 22.8 Å². The summed E-state index contributed by atoms with van der Waals surface area (Å²) in [5.41, 5.74) is 3.36. The highest BCUT2D eigenvalue weighted by Crippen LogP contribution is 2.28. The Kier molecular flexibility index (Phi) is 7.16. The van der Waals surface area contributed by atoms with Crippen LogP contribution in [-0.2, 0) is 11.2 Å². The predicted octanol–water partition coefficient (Wildman–Crippen LogP) is 5.19. The lowest BCUT2D eigenvalue weighted by Gasteiger charge is -2.25. The quantitative estimate of drug-likeness (QED) is 0.466. The average Bonchev–Trinajstić information content (AvgIpc) is 3.40. The topological polar surface area (TPSA) is 40.8 Å². The van der Waals surface area contributed by atoms with Gasteiger partial charge in [-0.05, 0) is 56.6 Å². The summed E-state index contributed by atoms with van der Waals surface area (Å²) >= 11 is 12.4. The molecule has 5 nitrogen and oxygen atoms in total. The Bertz CT molecular complexity index is 1040. The summed E-state index contributed by atoms with van der Waals surface area (Å²) in [4.78, 5) is 22.6. The van der Waals surface area contributed by atoms with Crippen molar-refractivity contribution in [3.05, 3.63) is 58.3 Å². The van der Waals surface area contributed by atoms with Crippen LogP contribution in [0.4, 0.5) is 0 Å². The van der Waals surface area contributed by atoms with Gasteiger partial charge in [-0.3, -0.25) is 4.79 Å². The maximum Gasteiger partial charge on any atom is 0.228 e. The zero-order valence-electron chi connectivity index (χ0n) is 17.9. The number of carbonyl (C=O) groups excluding carboxylic acids is 1. The Hall–Kier alpha value is -2.08. The molecule has 1 amide bonds. The Morgan fingerprint density at radius 2 is 1.74 bits per heavy atom. The summed E-state index contributed by atoms with van der Waals surface area (Å²) in [7, 11) is 0. The zero-order valence-corrected chi connectivity index (χ0v) is 19.4. The van der Waals surface area contributed by atoms with Gasteiger partial charge in [-0.2, -0.15) is 0 Å². The van der Waals surface area contributed by atoms with Gasteiger partial charge in [-0.15, -0.1) is 0 Å². The van der Waals surface area contributed by atoms with E-state index in [0.717, 1.165) is 61.7 Å². The highest BCUT2D eigenvalue weighted by Gasteiger charge is 2.22. The van der Waals surface area contributed by atoms with Crippen molar-refractivity contribution in [2.45, 2.75) is 32.6 Å². The molecular weight excluding hydrogens is 431 g/mol. The first-order valence-corrected chi connectivity index (χ1v) is 11.7. The average molecular weight is 459 g/mol. The molecule has 1 saturated heterocycles. The van der Waals surface area contributed by atoms with E-state index in [0.29, 0.717) is 10.0 Å². The van der Waals surface area contributed by atoms with Gasteiger partial charge >= 0.3 is 0 Å². The third-order valence-electron chi connectivity index (χ3n) is 5.85. The highest BCUT2D eigenvalue weighted by atomic mass is 35.5. The number of fused-ring (bicyclic) bond motifs is 1. The molecule has 4 rings (SSSR count). The molecule has 0 unspecified atom stereocenters. The van der Waals surface area contributed by atoms with Crippen molar-refractivity contribution in [1.82, 2.24) is 19.2 Å². The molecule has 0 aliphatic carbocycles. The lowest BCUT2D eigenvalue weighted by Crippen LogP contribution is -2.39. The maximum atomic E-state index is 13.4. The largest absolute Gasteiger partial charge is 0.341 e. The first-order chi connectivity index (χ1) is 15.0. The summed E-state index contributed by atoms with van der Waals surface area (Å²) in [6, 6.07) is 11.3. The molecule has 0 N–H and O–H groups in total. The number of likely N-dealkylation sites (tertiary alicyclic amines) is 1. The Morgan fingerprint density at radius 3 is 2.45 bits per heavy atom. The molecule has 1 aliphatic heterocycles. The second kappa shape index (κ2) is 10.0. The van der Waals surface area contributed by atoms with Crippen LogP contribution in [0.2, 0.25) is 10.0 Å². The van der Waals surface area contributed by atoms with Crippen molar-refractivity contribution in [1.29, 1.82) is 0 Å². The summed E-state index contributed by atoms with van der Waals surface area (Å²) in [5, 5.41) is 1.28. The molecule has 2 aromatic heterocycles. The van der Waals surface area contributed by atoms with E-state index in [-0.39, 0.29) is 12.3 Å². The fraction of sp³-hybridized carbons (Fsp3) is 0.417. The number of nitrogens with zero attached hydrogens (tertiary/aromatic N) is 4. The highest BCUT2D eigenvalue weighted by molar-refractivity contribution is 6.30. The van der Waals surface area contributed by atoms with Crippen LogP contribution in [0.5, 0.6) is 0 Å². The molecule has 1 aliphatic rings. The fourth-order valence-corrected chi connectivity index (χ4v) is 4.52. The fourth-order valence-electron chi connectivity index (χ4n) is 4.23. The molecule has 0 saturated carbocycles. The monoisotopic (exact) mass is 458 g/mol. The van der Waals surface area contributed by atoms with Crippen LogP contribution in [-0.4, -0.2) is 57.8 Å². The second-order valence-corrected chi connectivity index (χ2v) is 8.97. The Balaban J connectivity index is 1.63. The molecule has 3 heterocycles. The van der Waals surface area contributed by atoms with Gasteiger partial charge in [0.25, 0.3) is 0 Å². The van der Waals surface area contributed by atoms with Gasteiger partial charge in [0.1, 0.15) is 5.65 Å². The lowest BCUT2D eigenvalue weighted by atomic mass is 10.1. The van der Waals surface area contributed by atoms with E-state index in [1.807, 2.05) is 51.9 Å². The third-order valence-corrected chi connectivity index (χ3v) is 6.32. The van der Waals surface area contributed by atoms with E-state index >= 15 is 0 Å². The molecule has 164 valence electrons. The van der Waals surface area contributed by atoms with Gasteiger partial charge < -0.3 is 14.2 Å². The standard InChI is InChI=1S/C24H28Cl2N4O/c1-2-11-29(15-14-28-12-3-4-13-28)23(31)16-21-24(18-5-7-19(25)8-6-18)27-22-10-9-20(26)17-30(21)22/h5-10,17H,2-4,11-16H2,1H3. The first-order valence-electron chi connectivity index (χ1n) is 11.0. The number of aromatic nitrogens is 2. The van der Waals surface area contributed by atoms with Crippen LogP contribution in [0.25, 0.3) is 16.9 Å². The number of imidazole rings is 1. The van der Waals surface area contributed by atoms with E-state index in [9.17, 15) is 4.79 Å². The molecule has 0 atom stereocenters. The molecule has 0 bridgehead atoms. The van der Waals surface area contributed by atoms with E-state index in [4.69, 9.17) is 28.2 Å². The normalized spacial score (nSPS) is 14.4. The van der Waals surface area contributed by atoms with Crippen molar-refractivity contribution < 1.29 is 4.79 Å². The van der Waals surface area contributed by atoms with Crippen LogP contribution >= 0.6 is 23.2 Å². The molecule has 7 heteroatoms. The van der Waals surface area contributed by atoms with Gasteiger partial charge in [-0.25, -0.2) is 4.98 Å². The number of pyridine rings is 1. The summed E-state index contributed by atoms with van der Waals surface area (Å²) in [5.74, 6) is 0.123. The molecule has 1 aromatic carbocycles. The first kappa shape index (κ1) is 22.1. The number of rotatable bonds is 8. The smallest absolute Gasteiger partial charge is 0.228 e. The van der Waals surface area contributed by atoms with Crippen LogP contribution in [0.15, 0.2) is 42.6 Å². The van der Waals surface area contributed by atoms with Crippen LogP contribution in [0.1, 0.15) is 31.9 Å². The number of benzene rings is 1. The number of hydrogen-bond donors (Lipinski definition) is 0. The van der Waals surface area contributed by atoms with Crippen LogP contribution < -0.4 is 0 Å². The van der Waals surface area contributed by atoms with E-state index in [1.165, 1.54) is 12.8 Å². The van der Waals surface area contributed by atoms with Crippen molar-refractivity contribution in [2.75, 3.05) is 32.7 Å². The van der Waals surface area contributed by atoms with Gasteiger partial charge in [0.15, 0.2) is 0 Å². The van der Waals surface area contributed by atoms with Gasteiger partial charge in [0.2, 0.25) is 5.91 Å². The van der Waals surface area contributed by atoms with E-state index in [1.54, 1.807) is 0 Å². The second-order valence-electron chi connectivity index (χ2n) is 8.10. The molecule has 31 heavy (non-hydrogen) atoms. The van der Waals surface area contributed by atoms with Gasteiger partial charge in [-0.1, -0.05) is 42.3 Å². The molecule has 1 fully saturated rings. The van der Waals surface area contributed by atoms with Crippen molar-refractivity contribution in [3.63, 3.8) is 0 Å². The van der Waals surface area contributed by atoms with Crippen molar-refractivity contribution in [3.8, 4) is 11.3 Å². The SMILES string of the molecule is CCCN(CCN1CCCC1)C(=O)Cc1c(-c2ccc(Cl)cc2)nc2ccc(Cl)cn12. The minimum atomic E-state index is 0.123. The molecular formula is C24H28Cl2N4O. The van der Waals surface area contributed by atoms with E-state index in [2.05, 4.69) is 11.8 Å². The summed E-state index contributed by atoms with van der Waals surface area (Å²) < 4.78 is 1.94. The predicted molar refractivity (Wildman–Crippen MR) is 127 cm³/mol. The van der Waals surface area contributed by atoms with Crippen molar-refractivity contribution >= 4 is 34.8 Å². The van der Waals surface area contributed by atoms with Gasteiger partial charge in [0, 0.05) is 36.4 Å². The van der Waals surface area contributed by atoms with E-state index < -0.39 is 0 Å². The minimum Gasteiger partial charge on any atom is -0.341 e.